The number of hydrogen-bond donors (Lipinski definition) is 1. The molecule has 1 aromatic heterocycles. The van der Waals surface area contributed by atoms with Crippen molar-refractivity contribution in [1.29, 1.82) is 0 Å². The molecule has 8 heteroatoms. The van der Waals surface area contributed by atoms with Gasteiger partial charge in [0.2, 0.25) is 0 Å². The van der Waals surface area contributed by atoms with Crippen molar-refractivity contribution in [1.82, 2.24) is 0 Å². The first-order valence-corrected chi connectivity index (χ1v) is 6.32. The number of rotatable bonds is 4. The second-order valence-corrected chi connectivity index (χ2v) is 5.07. The van der Waals surface area contributed by atoms with Crippen LogP contribution in [0.2, 0.25) is 0 Å². The van der Waals surface area contributed by atoms with Crippen LogP contribution < -0.4 is 5.32 Å². The van der Waals surface area contributed by atoms with Crippen LogP contribution in [0, 0.1) is 10.1 Å². The summed E-state index contributed by atoms with van der Waals surface area (Å²) in [6, 6.07) is 7.63. The zero-order chi connectivity index (χ0) is 14.8. The van der Waals surface area contributed by atoms with Gasteiger partial charge in [0.05, 0.1) is 10.5 Å². The Morgan fingerprint density at radius 1 is 1.15 bits per heavy atom. The molecule has 0 aliphatic heterocycles. The number of thiophene rings is 1. The third kappa shape index (κ3) is 3.47. The van der Waals surface area contributed by atoms with Crippen molar-refractivity contribution >= 4 is 22.0 Å². The zero-order valence-corrected chi connectivity index (χ0v) is 10.8. The standard InChI is InChI=1S/C12H9F3N2O2S/c13-12(14,15)8-1-3-9(4-2-8)16-7-10-5-6-11(20-10)17(18)19/h1-6,16H,7H2. The molecule has 106 valence electrons. The third-order valence-corrected chi connectivity index (χ3v) is 3.54. The van der Waals surface area contributed by atoms with Gasteiger partial charge in [-0.2, -0.15) is 13.2 Å². The Kier molecular flexibility index (Phi) is 3.93. The second kappa shape index (κ2) is 5.49. The highest BCUT2D eigenvalue weighted by molar-refractivity contribution is 7.15. The van der Waals surface area contributed by atoms with Crippen LogP contribution in [-0.2, 0) is 12.7 Å². The van der Waals surface area contributed by atoms with E-state index >= 15 is 0 Å². The molecule has 0 bridgehead atoms. The van der Waals surface area contributed by atoms with Crippen molar-refractivity contribution in [3.63, 3.8) is 0 Å². The van der Waals surface area contributed by atoms with E-state index < -0.39 is 16.7 Å². The van der Waals surface area contributed by atoms with E-state index in [0.717, 1.165) is 28.3 Å². The highest BCUT2D eigenvalue weighted by Crippen LogP contribution is 2.30. The van der Waals surface area contributed by atoms with Gasteiger partial charge in [-0.15, -0.1) is 0 Å². The topological polar surface area (TPSA) is 55.2 Å². The Balaban J connectivity index is 1.98. The van der Waals surface area contributed by atoms with Crippen LogP contribution in [0.4, 0.5) is 23.9 Å². The predicted molar refractivity (Wildman–Crippen MR) is 69.7 cm³/mol. The number of hydrogen-bond acceptors (Lipinski definition) is 4. The Bertz CT molecular complexity index is 608. The maximum absolute atomic E-state index is 12.4. The van der Waals surface area contributed by atoms with Crippen molar-refractivity contribution < 1.29 is 18.1 Å². The van der Waals surface area contributed by atoms with E-state index in [0.29, 0.717) is 12.2 Å². The van der Waals surface area contributed by atoms with Crippen molar-refractivity contribution in [3.8, 4) is 0 Å². The van der Waals surface area contributed by atoms with Crippen LogP contribution in [0.3, 0.4) is 0 Å². The van der Waals surface area contributed by atoms with E-state index in [1.54, 1.807) is 6.07 Å². The number of alkyl halides is 3. The lowest BCUT2D eigenvalue weighted by Gasteiger charge is -2.08. The molecule has 0 unspecified atom stereocenters. The molecule has 2 aromatic rings. The zero-order valence-electron chi connectivity index (χ0n) is 9.98. The Labute approximate surface area is 116 Å². The fraction of sp³-hybridized carbons (Fsp3) is 0.167. The van der Waals surface area contributed by atoms with Crippen LogP contribution in [-0.4, -0.2) is 4.92 Å². The average molecular weight is 302 g/mol. The molecule has 0 amide bonds. The minimum atomic E-state index is -4.35. The highest BCUT2D eigenvalue weighted by Gasteiger charge is 2.29. The summed E-state index contributed by atoms with van der Waals surface area (Å²) in [5.74, 6) is 0. The van der Waals surface area contributed by atoms with Crippen molar-refractivity contribution in [2.75, 3.05) is 5.32 Å². The summed E-state index contributed by atoms with van der Waals surface area (Å²) in [4.78, 5) is 10.8. The second-order valence-electron chi connectivity index (χ2n) is 3.93. The molecule has 4 nitrogen and oxygen atoms in total. The minimum absolute atomic E-state index is 0.0363. The molecule has 20 heavy (non-hydrogen) atoms. The number of halogens is 3. The van der Waals surface area contributed by atoms with E-state index in [4.69, 9.17) is 0 Å². The van der Waals surface area contributed by atoms with Crippen LogP contribution in [0.15, 0.2) is 36.4 Å². The molecule has 0 atom stereocenters. The summed E-state index contributed by atoms with van der Waals surface area (Å²) in [5.41, 5.74) is -0.191. The molecule has 0 saturated heterocycles. The molecule has 0 saturated carbocycles. The lowest BCUT2D eigenvalue weighted by Crippen LogP contribution is -2.05. The van der Waals surface area contributed by atoms with Crippen molar-refractivity contribution in [2.45, 2.75) is 12.7 Å². The first-order chi connectivity index (χ1) is 9.36. The molecule has 2 rings (SSSR count). The summed E-state index contributed by atoms with van der Waals surface area (Å²) in [6.07, 6.45) is -4.35. The lowest BCUT2D eigenvalue weighted by atomic mass is 10.2. The average Bonchev–Trinajstić information content (AvgIpc) is 2.85. The lowest BCUT2D eigenvalue weighted by molar-refractivity contribution is -0.380. The molecular formula is C12H9F3N2O2S. The smallest absolute Gasteiger partial charge is 0.380 e. The summed E-state index contributed by atoms with van der Waals surface area (Å²) in [6.45, 7) is 0.323. The molecule has 0 spiro atoms. The van der Waals surface area contributed by atoms with E-state index in [2.05, 4.69) is 5.32 Å². The Morgan fingerprint density at radius 3 is 2.30 bits per heavy atom. The van der Waals surface area contributed by atoms with Crippen LogP contribution in [0.25, 0.3) is 0 Å². The largest absolute Gasteiger partial charge is 0.416 e. The van der Waals surface area contributed by atoms with Gasteiger partial charge >= 0.3 is 11.2 Å². The van der Waals surface area contributed by atoms with Crippen molar-refractivity contribution in [2.24, 2.45) is 0 Å². The monoisotopic (exact) mass is 302 g/mol. The number of nitro groups is 1. The van der Waals surface area contributed by atoms with Gasteiger partial charge in [-0.05, 0) is 30.3 Å². The number of anilines is 1. The number of nitrogens with one attached hydrogen (secondary N) is 1. The van der Waals surface area contributed by atoms with Crippen LogP contribution >= 0.6 is 11.3 Å². The normalized spacial score (nSPS) is 11.3. The molecular weight excluding hydrogens is 293 g/mol. The highest BCUT2D eigenvalue weighted by atomic mass is 32.1. The Hall–Kier alpha value is -2.09. The quantitative estimate of drug-likeness (QED) is 0.677. The minimum Gasteiger partial charge on any atom is -0.380 e. The fourth-order valence-corrected chi connectivity index (χ4v) is 2.29. The molecule has 1 N–H and O–H groups in total. The third-order valence-electron chi connectivity index (χ3n) is 2.51. The van der Waals surface area contributed by atoms with Crippen molar-refractivity contribution in [3.05, 3.63) is 57.0 Å². The molecule has 0 radical (unpaired) electrons. The molecule has 0 aliphatic rings. The molecule has 0 aliphatic carbocycles. The van der Waals surface area contributed by atoms with Gasteiger partial charge in [-0.3, -0.25) is 10.1 Å². The first-order valence-electron chi connectivity index (χ1n) is 5.50. The SMILES string of the molecule is O=[N+]([O-])c1ccc(CNc2ccc(C(F)(F)F)cc2)s1. The van der Waals surface area contributed by atoms with Gasteiger partial charge in [0, 0.05) is 23.2 Å². The van der Waals surface area contributed by atoms with E-state index in [1.807, 2.05) is 0 Å². The van der Waals surface area contributed by atoms with E-state index in [-0.39, 0.29) is 5.00 Å². The van der Waals surface area contributed by atoms with Gasteiger partial charge in [0.1, 0.15) is 0 Å². The maximum atomic E-state index is 12.4. The molecule has 0 fully saturated rings. The number of nitrogens with zero attached hydrogens (tertiary/aromatic N) is 1. The summed E-state index contributed by atoms with van der Waals surface area (Å²) in [5, 5.41) is 13.5. The van der Waals surface area contributed by atoms with E-state index in [9.17, 15) is 23.3 Å². The van der Waals surface area contributed by atoms with Gasteiger partial charge in [-0.25, -0.2) is 0 Å². The molecule has 1 aromatic carbocycles. The first kappa shape index (κ1) is 14.3. The van der Waals surface area contributed by atoms with Gasteiger partial charge in [0.15, 0.2) is 0 Å². The Morgan fingerprint density at radius 2 is 1.80 bits per heavy atom. The van der Waals surface area contributed by atoms with Gasteiger partial charge < -0.3 is 5.32 Å². The fourth-order valence-electron chi connectivity index (χ4n) is 1.53. The van der Waals surface area contributed by atoms with Crippen LogP contribution in [0.5, 0.6) is 0 Å². The maximum Gasteiger partial charge on any atom is 0.416 e. The summed E-state index contributed by atoms with van der Waals surface area (Å²) >= 11 is 1.03. The number of benzene rings is 1. The predicted octanol–water partition coefficient (Wildman–Crippen LogP) is 4.29. The molecule has 1 heterocycles. The summed E-state index contributed by atoms with van der Waals surface area (Å²) in [7, 11) is 0. The van der Waals surface area contributed by atoms with E-state index in [1.165, 1.54) is 18.2 Å². The summed E-state index contributed by atoms with van der Waals surface area (Å²) < 4.78 is 37.1. The van der Waals surface area contributed by atoms with Crippen LogP contribution in [0.1, 0.15) is 10.4 Å². The van der Waals surface area contributed by atoms with Gasteiger partial charge in [0.25, 0.3) is 0 Å². The van der Waals surface area contributed by atoms with Gasteiger partial charge in [-0.1, -0.05) is 11.3 Å².